The number of rotatable bonds is 1. The van der Waals surface area contributed by atoms with Gasteiger partial charge in [-0.25, -0.2) is 0 Å². The molecule has 1 spiro atoms. The SMILES string of the molecule is Nc1cccc(C(=O)N2CCC3(CCNC3=O)CC2)c1O. The van der Waals surface area contributed by atoms with Crippen molar-refractivity contribution in [1.29, 1.82) is 0 Å². The molecule has 112 valence electrons. The molecule has 0 aliphatic carbocycles. The summed E-state index contributed by atoms with van der Waals surface area (Å²) in [4.78, 5) is 26.1. The lowest BCUT2D eigenvalue weighted by atomic mass is 9.77. The molecule has 0 radical (unpaired) electrons. The van der Waals surface area contributed by atoms with Crippen LogP contribution in [0.1, 0.15) is 29.6 Å². The molecule has 6 heteroatoms. The highest BCUT2D eigenvalue weighted by Crippen LogP contribution is 2.38. The van der Waals surface area contributed by atoms with Crippen molar-refractivity contribution >= 4 is 17.5 Å². The van der Waals surface area contributed by atoms with E-state index < -0.39 is 0 Å². The first-order chi connectivity index (χ1) is 10.0. The van der Waals surface area contributed by atoms with Crippen molar-refractivity contribution in [3.63, 3.8) is 0 Å². The molecular formula is C15H19N3O3. The van der Waals surface area contributed by atoms with E-state index in [1.807, 2.05) is 0 Å². The highest BCUT2D eigenvalue weighted by Gasteiger charge is 2.45. The van der Waals surface area contributed by atoms with Crippen LogP contribution in [0, 0.1) is 5.41 Å². The first-order valence-corrected chi connectivity index (χ1v) is 7.18. The topological polar surface area (TPSA) is 95.7 Å². The van der Waals surface area contributed by atoms with Gasteiger partial charge in [0.2, 0.25) is 5.91 Å². The maximum absolute atomic E-state index is 12.5. The number of hydrogen-bond acceptors (Lipinski definition) is 4. The number of piperidine rings is 1. The molecule has 2 saturated heterocycles. The van der Waals surface area contributed by atoms with E-state index >= 15 is 0 Å². The molecule has 21 heavy (non-hydrogen) atoms. The Morgan fingerprint density at radius 3 is 2.62 bits per heavy atom. The Bertz CT molecular complexity index is 592. The molecule has 1 aromatic rings. The number of aromatic hydroxyl groups is 1. The molecule has 0 saturated carbocycles. The molecular weight excluding hydrogens is 270 g/mol. The van der Waals surface area contributed by atoms with Gasteiger partial charge in [0.1, 0.15) is 0 Å². The number of carbonyl (C=O) groups is 2. The second kappa shape index (κ2) is 4.95. The first kappa shape index (κ1) is 13.7. The van der Waals surface area contributed by atoms with Crippen LogP contribution in [0.4, 0.5) is 5.69 Å². The fourth-order valence-electron chi connectivity index (χ4n) is 3.24. The molecule has 4 N–H and O–H groups in total. The van der Waals surface area contributed by atoms with Crippen LogP contribution >= 0.6 is 0 Å². The molecule has 1 aromatic carbocycles. The number of nitrogens with two attached hydrogens (primary N) is 1. The summed E-state index contributed by atoms with van der Waals surface area (Å²) < 4.78 is 0. The van der Waals surface area contributed by atoms with E-state index in [0.717, 1.165) is 13.0 Å². The monoisotopic (exact) mass is 289 g/mol. The minimum atomic E-state index is -0.297. The van der Waals surface area contributed by atoms with E-state index in [0.29, 0.717) is 25.9 Å². The summed E-state index contributed by atoms with van der Waals surface area (Å²) >= 11 is 0. The smallest absolute Gasteiger partial charge is 0.257 e. The molecule has 2 amide bonds. The number of para-hydroxylation sites is 1. The Hall–Kier alpha value is -2.24. The predicted molar refractivity (Wildman–Crippen MR) is 77.7 cm³/mol. The fourth-order valence-corrected chi connectivity index (χ4v) is 3.24. The number of hydrogen-bond donors (Lipinski definition) is 3. The van der Waals surface area contributed by atoms with Crippen LogP contribution in [0.15, 0.2) is 18.2 Å². The van der Waals surface area contributed by atoms with Gasteiger partial charge < -0.3 is 21.1 Å². The minimum Gasteiger partial charge on any atom is -0.505 e. The van der Waals surface area contributed by atoms with Gasteiger partial charge in [0, 0.05) is 19.6 Å². The molecule has 2 aliphatic rings. The zero-order valence-electron chi connectivity index (χ0n) is 11.8. The molecule has 0 atom stereocenters. The van der Waals surface area contributed by atoms with Gasteiger partial charge in [0.25, 0.3) is 5.91 Å². The quantitative estimate of drug-likeness (QED) is 0.524. The van der Waals surface area contributed by atoms with Crippen LogP contribution < -0.4 is 11.1 Å². The molecule has 0 unspecified atom stereocenters. The number of nitrogens with zero attached hydrogens (tertiary/aromatic N) is 1. The molecule has 0 bridgehead atoms. The summed E-state index contributed by atoms with van der Waals surface area (Å²) in [5.41, 5.74) is 5.75. The van der Waals surface area contributed by atoms with Crippen molar-refractivity contribution in [3.05, 3.63) is 23.8 Å². The third kappa shape index (κ3) is 2.20. The van der Waals surface area contributed by atoms with Crippen LogP contribution in [0.5, 0.6) is 5.75 Å². The van der Waals surface area contributed by atoms with Crippen molar-refractivity contribution in [2.45, 2.75) is 19.3 Å². The first-order valence-electron chi connectivity index (χ1n) is 7.18. The summed E-state index contributed by atoms with van der Waals surface area (Å²) in [6, 6.07) is 4.78. The van der Waals surface area contributed by atoms with Gasteiger partial charge in [-0.15, -0.1) is 0 Å². The Kier molecular flexibility index (Phi) is 3.23. The molecule has 2 aliphatic heterocycles. The second-order valence-corrected chi connectivity index (χ2v) is 5.82. The second-order valence-electron chi connectivity index (χ2n) is 5.82. The number of benzene rings is 1. The lowest BCUT2D eigenvalue weighted by Crippen LogP contribution is -2.46. The van der Waals surface area contributed by atoms with Crippen LogP contribution in [0.3, 0.4) is 0 Å². The number of phenolic OH excluding ortho intramolecular Hbond substituents is 1. The largest absolute Gasteiger partial charge is 0.505 e. The van der Waals surface area contributed by atoms with Gasteiger partial charge in [-0.1, -0.05) is 6.07 Å². The number of carbonyl (C=O) groups excluding carboxylic acids is 2. The third-order valence-corrected chi connectivity index (χ3v) is 4.68. The van der Waals surface area contributed by atoms with Crippen molar-refractivity contribution in [3.8, 4) is 5.75 Å². The Morgan fingerprint density at radius 1 is 1.29 bits per heavy atom. The Morgan fingerprint density at radius 2 is 2.00 bits per heavy atom. The van der Waals surface area contributed by atoms with Crippen molar-refractivity contribution in [1.82, 2.24) is 10.2 Å². The standard InChI is InChI=1S/C15H19N3O3/c16-11-3-1-2-10(12(11)19)13(20)18-8-5-15(6-9-18)4-7-17-14(15)21/h1-3,19H,4-9,16H2,(H,17,21). The number of amides is 2. The maximum Gasteiger partial charge on any atom is 0.257 e. The van der Waals surface area contributed by atoms with E-state index in [1.54, 1.807) is 23.1 Å². The van der Waals surface area contributed by atoms with E-state index in [9.17, 15) is 14.7 Å². The fraction of sp³-hybridized carbons (Fsp3) is 0.467. The van der Waals surface area contributed by atoms with Crippen molar-refractivity contribution in [2.24, 2.45) is 5.41 Å². The third-order valence-electron chi connectivity index (χ3n) is 4.68. The average molecular weight is 289 g/mol. The van der Waals surface area contributed by atoms with E-state index in [2.05, 4.69) is 5.32 Å². The van der Waals surface area contributed by atoms with Crippen LogP contribution in [-0.4, -0.2) is 41.5 Å². The molecule has 0 aromatic heterocycles. The lowest BCUT2D eigenvalue weighted by Gasteiger charge is -2.37. The van der Waals surface area contributed by atoms with Crippen LogP contribution in [0.2, 0.25) is 0 Å². The Labute approximate surface area is 122 Å². The highest BCUT2D eigenvalue weighted by atomic mass is 16.3. The molecule has 6 nitrogen and oxygen atoms in total. The number of nitrogens with one attached hydrogen (secondary N) is 1. The average Bonchev–Trinajstić information content (AvgIpc) is 2.83. The molecule has 2 heterocycles. The van der Waals surface area contributed by atoms with Crippen LogP contribution in [-0.2, 0) is 4.79 Å². The van der Waals surface area contributed by atoms with Gasteiger partial charge >= 0.3 is 0 Å². The summed E-state index contributed by atoms with van der Waals surface area (Å²) in [5, 5.41) is 12.8. The molecule has 2 fully saturated rings. The van der Waals surface area contributed by atoms with E-state index in [1.165, 1.54) is 0 Å². The van der Waals surface area contributed by atoms with Gasteiger partial charge in [-0.3, -0.25) is 9.59 Å². The predicted octanol–water partition coefficient (Wildman–Crippen LogP) is 0.717. The van der Waals surface area contributed by atoms with E-state index in [4.69, 9.17) is 5.73 Å². The van der Waals surface area contributed by atoms with Gasteiger partial charge in [-0.05, 0) is 31.4 Å². The highest BCUT2D eigenvalue weighted by molar-refractivity contribution is 5.98. The number of anilines is 1. The Balaban J connectivity index is 1.73. The normalized spacial score (nSPS) is 20.6. The van der Waals surface area contributed by atoms with E-state index in [-0.39, 0.29) is 34.2 Å². The van der Waals surface area contributed by atoms with Gasteiger partial charge in [-0.2, -0.15) is 0 Å². The van der Waals surface area contributed by atoms with Crippen molar-refractivity contribution < 1.29 is 14.7 Å². The summed E-state index contributed by atoms with van der Waals surface area (Å²) in [6.07, 6.45) is 2.19. The lowest BCUT2D eigenvalue weighted by molar-refractivity contribution is -0.129. The van der Waals surface area contributed by atoms with Gasteiger partial charge in [0.15, 0.2) is 5.75 Å². The number of phenols is 1. The minimum absolute atomic E-state index is 0.112. The summed E-state index contributed by atoms with van der Waals surface area (Å²) in [7, 11) is 0. The maximum atomic E-state index is 12.5. The van der Waals surface area contributed by atoms with Gasteiger partial charge in [0.05, 0.1) is 16.7 Å². The number of nitrogen functional groups attached to an aromatic ring is 1. The van der Waals surface area contributed by atoms with Crippen LogP contribution in [0.25, 0.3) is 0 Å². The zero-order chi connectivity index (χ0) is 15.0. The number of likely N-dealkylation sites (tertiary alicyclic amines) is 1. The van der Waals surface area contributed by atoms with Crippen molar-refractivity contribution in [2.75, 3.05) is 25.4 Å². The zero-order valence-corrected chi connectivity index (χ0v) is 11.8. The summed E-state index contributed by atoms with van der Waals surface area (Å²) in [6.45, 7) is 1.78. The summed E-state index contributed by atoms with van der Waals surface area (Å²) in [5.74, 6) is -0.282. The molecule has 3 rings (SSSR count).